The third-order valence-corrected chi connectivity index (χ3v) is 4.02. The molecule has 2 aromatic carbocycles. The number of carbonyl (C=O) groups is 1. The molecular formula is C17H20N2O2S. The van der Waals surface area contributed by atoms with E-state index in [0.29, 0.717) is 18.0 Å². The van der Waals surface area contributed by atoms with Crippen molar-refractivity contribution in [3.05, 3.63) is 54.1 Å². The van der Waals surface area contributed by atoms with Crippen LogP contribution < -0.4 is 15.4 Å². The summed E-state index contributed by atoms with van der Waals surface area (Å²) in [5.41, 5.74) is 1.96. The highest BCUT2D eigenvalue weighted by molar-refractivity contribution is 7.99. The number of urea groups is 1. The molecule has 0 heterocycles. The van der Waals surface area contributed by atoms with Crippen LogP contribution in [0.1, 0.15) is 5.56 Å². The zero-order chi connectivity index (χ0) is 15.8. The Bertz CT molecular complexity index is 614. The fraction of sp³-hybridized carbons (Fsp3) is 0.235. The first kappa shape index (κ1) is 16.2. The van der Waals surface area contributed by atoms with Crippen molar-refractivity contribution in [3.63, 3.8) is 0 Å². The van der Waals surface area contributed by atoms with Crippen molar-refractivity contribution in [1.29, 1.82) is 0 Å². The lowest BCUT2D eigenvalue weighted by molar-refractivity contribution is 0.252. The summed E-state index contributed by atoms with van der Waals surface area (Å²) in [5, 5.41) is 5.62. The fourth-order valence-electron chi connectivity index (χ4n) is 1.84. The molecule has 2 aromatic rings. The number of ether oxygens (including phenoxy) is 1. The van der Waals surface area contributed by atoms with E-state index in [2.05, 4.69) is 41.8 Å². The van der Waals surface area contributed by atoms with Gasteiger partial charge < -0.3 is 15.4 Å². The topological polar surface area (TPSA) is 50.4 Å². The Balaban J connectivity index is 1.70. The molecule has 5 heteroatoms. The number of anilines is 1. The number of benzene rings is 2. The van der Waals surface area contributed by atoms with E-state index in [-0.39, 0.29) is 6.03 Å². The molecular weight excluding hydrogens is 296 g/mol. The molecule has 2 amide bonds. The molecule has 0 spiro atoms. The smallest absolute Gasteiger partial charge is 0.319 e. The van der Waals surface area contributed by atoms with E-state index in [0.717, 1.165) is 5.75 Å². The van der Waals surface area contributed by atoms with Crippen LogP contribution >= 0.6 is 11.8 Å². The van der Waals surface area contributed by atoms with Gasteiger partial charge in [0.05, 0.1) is 7.11 Å². The summed E-state index contributed by atoms with van der Waals surface area (Å²) < 4.78 is 5.12. The number of nitrogens with one attached hydrogen (secondary N) is 2. The fourth-order valence-corrected chi connectivity index (χ4v) is 2.61. The predicted molar refractivity (Wildman–Crippen MR) is 91.9 cm³/mol. The van der Waals surface area contributed by atoms with Crippen LogP contribution in [0.3, 0.4) is 0 Å². The zero-order valence-electron chi connectivity index (χ0n) is 12.8. The molecule has 0 saturated carbocycles. The first-order chi connectivity index (χ1) is 10.7. The molecule has 0 aromatic heterocycles. The average molecular weight is 316 g/mol. The molecule has 0 aliphatic carbocycles. The Morgan fingerprint density at radius 1 is 1.18 bits per heavy atom. The summed E-state index contributed by atoms with van der Waals surface area (Å²) in [6.45, 7) is 2.67. The molecule has 0 atom stereocenters. The zero-order valence-corrected chi connectivity index (χ0v) is 13.6. The number of hydrogen-bond acceptors (Lipinski definition) is 3. The van der Waals surface area contributed by atoms with Crippen molar-refractivity contribution in [2.75, 3.05) is 24.7 Å². The van der Waals surface area contributed by atoms with Gasteiger partial charge in [-0.1, -0.05) is 23.8 Å². The lowest BCUT2D eigenvalue weighted by atomic mass is 10.2. The van der Waals surface area contributed by atoms with Gasteiger partial charge in [0.25, 0.3) is 0 Å². The molecule has 0 unspecified atom stereocenters. The highest BCUT2D eigenvalue weighted by Gasteiger charge is 2.02. The van der Waals surface area contributed by atoms with E-state index in [1.54, 1.807) is 24.9 Å². The van der Waals surface area contributed by atoms with Gasteiger partial charge in [0.1, 0.15) is 5.75 Å². The molecule has 2 rings (SSSR count). The van der Waals surface area contributed by atoms with Gasteiger partial charge in [-0.15, -0.1) is 11.8 Å². The minimum Gasteiger partial charge on any atom is -0.497 e. The van der Waals surface area contributed by atoms with Gasteiger partial charge in [-0.25, -0.2) is 4.79 Å². The van der Waals surface area contributed by atoms with Gasteiger partial charge in [-0.05, 0) is 31.2 Å². The average Bonchev–Trinajstić information content (AvgIpc) is 2.53. The summed E-state index contributed by atoms with van der Waals surface area (Å²) in [6, 6.07) is 15.4. The largest absolute Gasteiger partial charge is 0.497 e. The number of amides is 2. The van der Waals surface area contributed by atoms with E-state index in [9.17, 15) is 4.79 Å². The normalized spacial score (nSPS) is 10.1. The standard InChI is InChI=1S/C17H20N2O2S/c1-13-6-8-16(9-7-13)22-11-10-18-17(20)19-14-4-3-5-15(12-14)21-2/h3-9,12H,10-11H2,1-2H3,(H2,18,19,20). The second-order valence-electron chi connectivity index (χ2n) is 4.77. The minimum atomic E-state index is -0.210. The highest BCUT2D eigenvalue weighted by atomic mass is 32.2. The van der Waals surface area contributed by atoms with Crippen LogP contribution in [0.2, 0.25) is 0 Å². The van der Waals surface area contributed by atoms with Crippen LogP contribution in [0.4, 0.5) is 10.5 Å². The molecule has 2 N–H and O–H groups in total. The maximum Gasteiger partial charge on any atom is 0.319 e. The second kappa shape index (κ2) is 8.34. The number of carbonyl (C=O) groups excluding carboxylic acids is 1. The van der Waals surface area contributed by atoms with Crippen molar-refractivity contribution in [2.45, 2.75) is 11.8 Å². The first-order valence-electron chi connectivity index (χ1n) is 7.06. The Hall–Kier alpha value is -2.14. The number of thioether (sulfide) groups is 1. The molecule has 0 radical (unpaired) electrons. The molecule has 0 fully saturated rings. The molecule has 0 aliphatic rings. The quantitative estimate of drug-likeness (QED) is 0.627. The molecule has 0 bridgehead atoms. The Morgan fingerprint density at radius 2 is 1.95 bits per heavy atom. The van der Waals surface area contributed by atoms with Crippen molar-refractivity contribution < 1.29 is 9.53 Å². The summed E-state index contributed by atoms with van der Waals surface area (Å²) >= 11 is 1.72. The maximum absolute atomic E-state index is 11.8. The van der Waals surface area contributed by atoms with Crippen molar-refractivity contribution >= 4 is 23.5 Å². The molecule has 116 valence electrons. The molecule has 0 aliphatic heterocycles. The van der Waals surface area contributed by atoms with E-state index < -0.39 is 0 Å². The Kier molecular flexibility index (Phi) is 6.15. The van der Waals surface area contributed by atoms with Gasteiger partial charge in [0.2, 0.25) is 0 Å². The highest BCUT2D eigenvalue weighted by Crippen LogP contribution is 2.18. The van der Waals surface area contributed by atoms with Crippen LogP contribution in [0.25, 0.3) is 0 Å². The van der Waals surface area contributed by atoms with Gasteiger partial charge >= 0.3 is 6.03 Å². The van der Waals surface area contributed by atoms with Crippen LogP contribution in [-0.2, 0) is 0 Å². The summed E-state index contributed by atoms with van der Waals surface area (Å²) in [4.78, 5) is 13.0. The third-order valence-electron chi connectivity index (χ3n) is 3.00. The lowest BCUT2D eigenvalue weighted by Crippen LogP contribution is -2.30. The Labute approximate surface area is 135 Å². The van der Waals surface area contributed by atoms with Crippen LogP contribution in [0.15, 0.2) is 53.4 Å². The first-order valence-corrected chi connectivity index (χ1v) is 8.04. The molecule has 0 saturated heterocycles. The van der Waals surface area contributed by atoms with Crippen molar-refractivity contribution in [2.24, 2.45) is 0 Å². The van der Waals surface area contributed by atoms with Crippen LogP contribution in [0.5, 0.6) is 5.75 Å². The van der Waals surface area contributed by atoms with E-state index in [1.165, 1.54) is 10.5 Å². The molecule has 22 heavy (non-hydrogen) atoms. The van der Waals surface area contributed by atoms with Crippen molar-refractivity contribution in [3.8, 4) is 5.75 Å². The van der Waals surface area contributed by atoms with Crippen molar-refractivity contribution in [1.82, 2.24) is 5.32 Å². The number of hydrogen-bond donors (Lipinski definition) is 2. The number of rotatable bonds is 6. The van der Waals surface area contributed by atoms with Gasteiger partial charge in [-0.3, -0.25) is 0 Å². The number of aryl methyl sites for hydroxylation is 1. The summed E-state index contributed by atoms with van der Waals surface area (Å²) in [5.74, 6) is 1.54. The van der Waals surface area contributed by atoms with Gasteiger partial charge in [0, 0.05) is 28.9 Å². The molecule has 4 nitrogen and oxygen atoms in total. The van der Waals surface area contributed by atoms with Crippen LogP contribution in [0, 0.1) is 6.92 Å². The van der Waals surface area contributed by atoms with E-state index >= 15 is 0 Å². The lowest BCUT2D eigenvalue weighted by Gasteiger charge is -2.08. The van der Waals surface area contributed by atoms with Gasteiger partial charge in [0.15, 0.2) is 0 Å². The number of methoxy groups -OCH3 is 1. The second-order valence-corrected chi connectivity index (χ2v) is 5.94. The van der Waals surface area contributed by atoms with Crippen LogP contribution in [-0.4, -0.2) is 25.4 Å². The summed E-state index contributed by atoms with van der Waals surface area (Å²) in [7, 11) is 1.60. The third kappa shape index (κ3) is 5.33. The minimum absolute atomic E-state index is 0.210. The van der Waals surface area contributed by atoms with E-state index in [4.69, 9.17) is 4.74 Å². The van der Waals surface area contributed by atoms with Gasteiger partial charge in [-0.2, -0.15) is 0 Å². The monoisotopic (exact) mass is 316 g/mol. The predicted octanol–water partition coefficient (Wildman–Crippen LogP) is 3.92. The summed E-state index contributed by atoms with van der Waals surface area (Å²) in [6.07, 6.45) is 0. The SMILES string of the molecule is COc1cccc(NC(=O)NCCSc2ccc(C)cc2)c1. The Morgan fingerprint density at radius 3 is 2.68 bits per heavy atom. The van der Waals surface area contributed by atoms with E-state index in [1.807, 2.05) is 18.2 Å². The maximum atomic E-state index is 11.8.